The van der Waals surface area contributed by atoms with Gasteiger partial charge >= 0.3 is 6.36 Å². The zero-order valence-electron chi connectivity index (χ0n) is 19.7. The minimum atomic E-state index is -4.89. The third-order valence-corrected chi connectivity index (χ3v) is 5.25. The van der Waals surface area contributed by atoms with Crippen molar-refractivity contribution in [1.82, 2.24) is 20.3 Å². The Morgan fingerprint density at radius 3 is 2.19 bits per heavy atom. The van der Waals surface area contributed by atoms with Crippen molar-refractivity contribution in [2.24, 2.45) is 0 Å². The fourth-order valence-corrected chi connectivity index (χ4v) is 3.73. The minimum Gasteiger partial charge on any atom is -0.405 e. The third-order valence-electron chi connectivity index (χ3n) is 5.25. The predicted molar refractivity (Wildman–Crippen MR) is 129 cm³/mol. The van der Waals surface area contributed by atoms with Crippen LogP contribution in [0.2, 0.25) is 0 Å². The molecule has 7 nitrogen and oxygen atoms in total. The summed E-state index contributed by atoms with van der Waals surface area (Å²) in [7, 11) is 0. The number of alkyl halides is 3. The van der Waals surface area contributed by atoms with Gasteiger partial charge in [0.05, 0.1) is 11.4 Å². The van der Waals surface area contributed by atoms with E-state index in [1.807, 2.05) is 0 Å². The van der Waals surface area contributed by atoms with Gasteiger partial charge in [0.2, 0.25) is 0 Å². The summed E-state index contributed by atoms with van der Waals surface area (Å²) in [5.74, 6) is -1.83. The molecule has 3 N–H and O–H groups in total. The molecule has 0 radical (unpaired) electrons. The molecule has 37 heavy (non-hydrogen) atoms. The molecular formula is C26H21F4N5O2. The first kappa shape index (κ1) is 25.5. The first-order valence-electron chi connectivity index (χ1n) is 11.0. The van der Waals surface area contributed by atoms with Gasteiger partial charge in [0.15, 0.2) is 11.5 Å². The van der Waals surface area contributed by atoms with Gasteiger partial charge in [0.25, 0.3) is 5.91 Å². The molecule has 1 amide bonds. The van der Waals surface area contributed by atoms with Gasteiger partial charge in [-0.05, 0) is 56.3 Å². The van der Waals surface area contributed by atoms with Crippen molar-refractivity contribution in [2.45, 2.75) is 26.8 Å². The number of halogens is 4. The average Bonchev–Trinajstić information content (AvgIpc) is 2.82. The monoisotopic (exact) mass is 511 g/mol. The molecule has 0 aliphatic heterocycles. The number of aryl methyl sites for hydroxylation is 2. The number of aromatic nitrogens is 3. The number of para-hydroxylation sites is 1. The highest BCUT2D eigenvalue weighted by atomic mass is 19.4. The van der Waals surface area contributed by atoms with Crippen LogP contribution in [0.3, 0.4) is 0 Å². The van der Waals surface area contributed by atoms with E-state index in [1.54, 1.807) is 26.0 Å². The summed E-state index contributed by atoms with van der Waals surface area (Å²) in [6, 6.07) is 14.5. The van der Waals surface area contributed by atoms with Crippen LogP contribution in [0.1, 0.15) is 27.4 Å². The number of hydrogen-bond acceptors (Lipinski definition) is 6. The first-order valence-corrected chi connectivity index (χ1v) is 11.0. The number of rotatable bonds is 6. The van der Waals surface area contributed by atoms with E-state index in [0.717, 1.165) is 6.07 Å². The standard InChI is InChI=1S/C26H21F4N5O2/c1-14-11-18(12-15(2)33-14)22-21(16-7-9-19(27)10-8-16)35-24(31)23(34-22)25(36)32-13-17-5-3-4-6-20(17)37-26(28,29)30/h3-12H,13H2,1-2H3,(H2,31,35)(H,32,36). The van der Waals surface area contributed by atoms with E-state index < -0.39 is 23.8 Å². The molecular weight excluding hydrogens is 490 g/mol. The van der Waals surface area contributed by atoms with E-state index in [1.165, 1.54) is 42.5 Å². The third kappa shape index (κ3) is 6.18. The summed E-state index contributed by atoms with van der Waals surface area (Å²) < 4.78 is 55.8. The SMILES string of the molecule is Cc1cc(-c2nc(C(=O)NCc3ccccc3OC(F)(F)F)c(N)nc2-c2ccc(F)cc2)cc(C)n1. The van der Waals surface area contributed by atoms with Crippen LogP contribution >= 0.6 is 0 Å². The summed E-state index contributed by atoms with van der Waals surface area (Å²) >= 11 is 0. The Kier molecular flexibility index (Phi) is 7.05. The van der Waals surface area contributed by atoms with Gasteiger partial charge in [0, 0.05) is 34.6 Å². The molecule has 2 heterocycles. The molecule has 190 valence electrons. The van der Waals surface area contributed by atoms with Crippen LogP contribution in [-0.2, 0) is 6.54 Å². The summed E-state index contributed by atoms with van der Waals surface area (Å²) in [6.45, 7) is 3.31. The lowest BCUT2D eigenvalue weighted by Crippen LogP contribution is -2.26. The second-order valence-corrected chi connectivity index (χ2v) is 8.14. The zero-order valence-corrected chi connectivity index (χ0v) is 19.7. The van der Waals surface area contributed by atoms with Gasteiger partial charge in [-0.2, -0.15) is 0 Å². The molecule has 0 bridgehead atoms. The van der Waals surface area contributed by atoms with Crippen molar-refractivity contribution in [3.63, 3.8) is 0 Å². The smallest absolute Gasteiger partial charge is 0.405 e. The lowest BCUT2D eigenvalue weighted by atomic mass is 10.0. The van der Waals surface area contributed by atoms with E-state index in [0.29, 0.717) is 33.9 Å². The number of anilines is 1. The molecule has 0 saturated heterocycles. The van der Waals surface area contributed by atoms with Gasteiger partial charge in [0.1, 0.15) is 11.6 Å². The van der Waals surface area contributed by atoms with Crippen LogP contribution in [0.5, 0.6) is 5.75 Å². The Balaban J connectivity index is 1.72. The number of nitrogens with two attached hydrogens (primary N) is 1. The van der Waals surface area contributed by atoms with E-state index in [-0.39, 0.29) is 23.6 Å². The number of pyridine rings is 1. The Morgan fingerprint density at radius 1 is 0.919 bits per heavy atom. The van der Waals surface area contributed by atoms with Crippen LogP contribution in [0.4, 0.5) is 23.4 Å². The fourth-order valence-electron chi connectivity index (χ4n) is 3.73. The van der Waals surface area contributed by atoms with Crippen molar-refractivity contribution in [2.75, 3.05) is 5.73 Å². The summed E-state index contributed by atoms with van der Waals surface area (Å²) in [6.07, 6.45) is -4.89. The van der Waals surface area contributed by atoms with Crippen molar-refractivity contribution < 1.29 is 27.1 Å². The number of nitrogens with zero attached hydrogens (tertiary/aromatic N) is 3. The van der Waals surface area contributed by atoms with Crippen LogP contribution in [-0.4, -0.2) is 27.2 Å². The summed E-state index contributed by atoms with van der Waals surface area (Å²) in [5.41, 5.74) is 9.12. The topological polar surface area (TPSA) is 103 Å². The second kappa shape index (κ2) is 10.2. The maximum absolute atomic E-state index is 13.5. The van der Waals surface area contributed by atoms with Crippen LogP contribution in [0.25, 0.3) is 22.5 Å². The number of benzene rings is 2. The van der Waals surface area contributed by atoms with Crippen LogP contribution in [0, 0.1) is 19.7 Å². The number of carbonyl (C=O) groups excluding carboxylic acids is 1. The molecule has 11 heteroatoms. The molecule has 2 aromatic heterocycles. The number of ether oxygens (including phenoxy) is 1. The number of nitrogens with one attached hydrogen (secondary N) is 1. The number of nitrogen functional groups attached to an aromatic ring is 1. The molecule has 2 aromatic carbocycles. The van der Waals surface area contributed by atoms with Gasteiger partial charge in [-0.3, -0.25) is 9.78 Å². The number of amides is 1. The van der Waals surface area contributed by atoms with Gasteiger partial charge < -0.3 is 15.8 Å². The van der Waals surface area contributed by atoms with Crippen LogP contribution < -0.4 is 15.8 Å². The van der Waals surface area contributed by atoms with Gasteiger partial charge in [-0.15, -0.1) is 13.2 Å². The Hall–Kier alpha value is -4.54. The van der Waals surface area contributed by atoms with E-state index >= 15 is 0 Å². The van der Waals surface area contributed by atoms with Crippen molar-refractivity contribution in [3.05, 3.63) is 89.1 Å². The molecule has 0 aliphatic rings. The summed E-state index contributed by atoms with van der Waals surface area (Å²) in [4.78, 5) is 26.3. The molecule has 0 unspecified atom stereocenters. The quantitative estimate of drug-likeness (QED) is 0.337. The highest BCUT2D eigenvalue weighted by molar-refractivity contribution is 5.98. The minimum absolute atomic E-state index is 0.100. The molecule has 4 aromatic rings. The maximum atomic E-state index is 13.5. The molecule has 0 saturated carbocycles. The normalized spacial score (nSPS) is 11.3. The highest BCUT2D eigenvalue weighted by Crippen LogP contribution is 2.32. The Morgan fingerprint density at radius 2 is 1.54 bits per heavy atom. The highest BCUT2D eigenvalue weighted by Gasteiger charge is 2.32. The molecule has 0 fully saturated rings. The van der Waals surface area contributed by atoms with E-state index in [2.05, 4.69) is 25.0 Å². The fraction of sp³-hybridized carbons (Fsp3) is 0.154. The largest absolute Gasteiger partial charge is 0.573 e. The maximum Gasteiger partial charge on any atom is 0.573 e. The lowest BCUT2D eigenvalue weighted by Gasteiger charge is -2.15. The van der Waals surface area contributed by atoms with Crippen molar-refractivity contribution >= 4 is 11.7 Å². The summed E-state index contributed by atoms with van der Waals surface area (Å²) in [5, 5.41) is 2.52. The lowest BCUT2D eigenvalue weighted by molar-refractivity contribution is -0.274. The first-order chi connectivity index (χ1) is 17.5. The van der Waals surface area contributed by atoms with Crippen LogP contribution in [0.15, 0.2) is 60.7 Å². The zero-order chi connectivity index (χ0) is 26.7. The van der Waals surface area contributed by atoms with Crippen molar-refractivity contribution in [3.8, 4) is 28.3 Å². The van der Waals surface area contributed by atoms with Gasteiger partial charge in [-0.1, -0.05) is 18.2 Å². The van der Waals surface area contributed by atoms with Crippen molar-refractivity contribution in [1.29, 1.82) is 0 Å². The van der Waals surface area contributed by atoms with Gasteiger partial charge in [-0.25, -0.2) is 14.4 Å². The second-order valence-electron chi connectivity index (χ2n) is 8.14. The van der Waals surface area contributed by atoms with E-state index in [4.69, 9.17) is 5.73 Å². The number of carbonyl (C=O) groups is 1. The number of hydrogen-bond donors (Lipinski definition) is 2. The average molecular weight is 511 g/mol. The molecule has 0 atom stereocenters. The molecule has 4 rings (SSSR count). The van der Waals surface area contributed by atoms with E-state index in [9.17, 15) is 22.4 Å². The predicted octanol–water partition coefficient (Wildman–Crippen LogP) is 5.37. The molecule has 0 spiro atoms. The Labute approximate surface area is 209 Å². The Bertz CT molecular complexity index is 1440. The molecule has 0 aliphatic carbocycles.